The van der Waals surface area contributed by atoms with Crippen molar-refractivity contribution in [2.24, 2.45) is 0 Å². The molecule has 0 bridgehead atoms. The number of carboxylic acid groups (broad SMARTS) is 1. The molecule has 108 valence electrons. The van der Waals surface area contributed by atoms with Crippen LogP contribution < -0.4 is 5.32 Å². The number of carbonyl (C=O) groups is 2. The summed E-state index contributed by atoms with van der Waals surface area (Å²) in [6, 6.07) is 13.5. The van der Waals surface area contributed by atoms with E-state index in [2.05, 4.69) is 5.32 Å². The lowest BCUT2D eigenvalue weighted by molar-refractivity contribution is -0.116. The highest BCUT2D eigenvalue weighted by Gasteiger charge is 2.07. The molecule has 0 atom stereocenters. The van der Waals surface area contributed by atoms with Crippen LogP contribution in [0.3, 0.4) is 0 Å². The molecule has 0 fully saturated rings. The smallest absolute Gasteiger partial charge is 0.335 e. The van der Waals surface area contributed by atoms with Crippen molar-refractivity contribution in [3.05, 3.63) is 64.7 Å². The topological polar surface area (TPSA) is 66.4 Å². The van der Waals surface area contributed by atoms with Gasteiger partial charge in [-0.05, 0) is 36.2 Å². The zero-order chi connectivity index (χ0) is 15.2. The number of hydrogen-bond donors (Lipinski definition) is 2. The Kier molecular flexibility index (Phi) is 4.95. The summed E-state index contributed by atoms with van der Waals surface area (Å²) >= 11 is 6.03. The molecule has 2 rings (SSSR count). The quantitative estimate of drug-likeness (QED) is 0.886. The van der Waals surface area contributed by atoms with Gasteiger partial charge >= 0.3 is 5.97 Å². The number of aromatic carboxylic acids is 1. The second-order valence-electron chi connectivity index (χ2n) is 4.53. The van der Waals surface area contributed by atoms with Crippen molar-refractivity contribution in [2.45, 2.75) is 12.8 Å². The van der Waals surface area contributed by atoms with E-state index in [1.54, 1.807) is 18.2 Å². The molecule has 2 aromatic rings. The highest BCUT2D eigenvalue weighted by Crippen LogP contribution is 2.17. The van der Waals surface area contributed by atoms with Gasteiger partial charge in [0.2, 0.25) is 5.91 Å². The average Bonchev–Trinajstić information content (AvgIpc) is 2.46. The second kappa shape index (κ2) is 6.90. The van der Waals surface area contributed by atoms with E-state index in [0.29, 0.717) is 17.1 Å². The number of nitrogens with one attached hydrogen (secondary N) is 1. The molecule has 0 aliphatic rings. The van der Waals surface area contributed by atoms with Gasteiger partial charge in [0, 0.05) is 17.1 Å². The van der Waals surface area contributed by atoms with Gasteiger partial charge in [0.1, 0.15) is 0 Å². The minimum absolute atomic E-state index is 0.138. The van der Waals surface area contributed by atoms with Gasteiger partial charge in [-0.15, -0.1) is 0 Å². The van der Waals surface area contributed by atoms with E-state index in [-0.39, 0.29) is 17.9 Å². The van der Waals surface area contributed by atoms with Crippen LogP contribution in [0, 0.1) is 0 Å². The van der Waals surface area contributed by atoms with E-state index in [9.17, 15) is 9.59 Å². The molecule has 0 aliphatic carbocycles. The molecular formula is C16H14ClNO3. The summed E-state index contributed by atoms with van der Waals surface area (Å²) in [5, 5.41) is 12.2. The van der Waals surface area contributed by atoms with Crippen LogP contribution in [0.4, 0.5) is 5.69 Å². The van der Waals surface area contributed by atoms with E-state index in [1.165, 1.54) is 12.1 Å². The van der Waals surface area contributed by atoms with Crippen molar-refractivity contribution in [2.75, 3.05) is 5.32 Å². The number of hydrogen-bond acceptors (Lipinski definition) is 2. The van der Waals surface area contributed by atoms with Crippen molar-refractivity contribution >= 4 is 29.2 Å². The van der Waals surface area contributed by atoms with Crippen LogP contribution in [0.5, 0.6) is 0 Å². The Morgan fingerprint density at radius 2 is 1.86 bits per heavy atom. The van der Waals surface area contributed by atoms with Gasteiger partial charge in [0.15, 0.2) is 0 Å². The normalized spacial score (nSPS) is 10.1. The number of aryl methyl sites for hydroxylation is 1. The first-order valence-electron chi connectivity index (χ1n) is 6.43. The van der Waals surface area contributed by atoms with Crippen LogP contribution in [0.1, 0.15) is 22.3 Å². The van der Waals surface area contributed by atoms with Crippen LogP contribution in [-0.4, -0.2) is 17.0 Å². The first-order valence-corrected chi connectivity index (χ1v) is 6.80. The maximum Gasteiger partial charge on any atom is 0.335 e. The predicted octanol–water partition coefficient (Wildman–Crippen LogP) is 3.61. The molecule has 0 unspecified atom stereocenters. The van der Waals surface area contributed by atoms with Crippen molar-refractivity contribution < 1.29 is 14.7 Å². The molecule has 21 heavy (non-hydrogen) atoms. The second-order valence-corrected chi connectivity index (χ2v) is 4.93. The molecule has 0 radical (unpaired) electrons. The number of amides is 1. The van der Waals surface area contributed by atoms with Gasteiger partial charge in [0.25, 0.3) is 0 Å². The Morgan fingerprint density at radius 1 is 1.10 bits per heavy atom. The third-order valence-corrected chi connectivity index (χ3v) is 3.34. The Bertz CT molecular complexity index is 670. The molecule has 0 aliphatic heterocycles. The van der Waals surface area contributed by atoms with Gasteiger partial charge in [-0.1, -0.05) is 35.9 Å². The van der Waals surface area contributed by atoms with Gasteiger partial charge in [0.05, 0.1) is 5.56 Å². The van der Waals surface area contributed by atoms with E-state index >= 15 is 0 Å². The zero-order valence-electron chi connectivity index (χ0n) is 11.2. The van der Waals surface area contributed by atoms with Crippen LogP contribution in [0.2, 0.25) is 5.02 Å². The maximum atomic E-state index is 11.9. The third kappa shape index (κ3) is 4.33. The van der Waals surface area contributed by atoms with Crippen LogP contribution in [-0.2, 0) is 11.2 Å². The van der Waals surface area contributed by atoms with Gasteiger partial charge in [-0.25, -0.2) is 4.79 Å². The SMILES string of the molecule is O=C(CCc1ccccc1Cl)Nc1cccc(C(=O)O)c1. The first-order chi connectivity index (χ1) is 10.1. The molecular weight excluding hydrogens is 290 g/mol. The zero-order valence-corrected chi connectivity index (χ0v) is 11.9. The van der Waals surface area contributed by atoms with Crippen LogP contribution >= 0.6 is 11.6 Å². The molecule has 2 aromatic carbocycles. The summed E-state index contributed by atoms with van der Waals surface area (Å²) in [6.45, 7) is 0. The Morgan fingerprint density at radius 3 is 2.57 bits per heavy atom. The number of halogens is 1. The highest BCUT2D eigenvalue weighted by atomic mass is 35.5. The Balaban J connectivity index is 1.95. The predicted molar refractivity (Wildman–Crippen MR) is 81.8 cm³/mol. The van der Waals surface area contributed by atoms with Crippen LogP contribution in [0.15, 0.2) is 48.5 Å². The average molecular weight is 304 g/mol. The summed E-state index contributed by atoms with van der Waals surface area (Å²) < 4.78 is 0. The number of carboxylic acids is 1. The van der Waals surface area contributed by atoms with Gasteiger partial charge < -0.3 is 10.4 Å². The fraction of sp³-hybridized carbons (Fsp3) is 0.125. The van der Waals surface area contributed by atoms with E-state index in [4.69, 9.17) is 16.7 Å². The molecule has 0 heterocycles. The minimum Gasteiger partial charge on any atom is -0.478 e. The number of benzene rings is 2. The monoisotopic (exact) mass is 303 g/mol. The van der Waals surface area contributed by atoms with Crippen LogP contribution in [0.25, 0.3) is 0 Å². The molecule has 0 spiro atoms. The Labute approximate surface area is 127 Å². The lowest BCUT2D eigenvalue weighted by Gasteiger charge is -2.07. The molecule has 5 heteroatoms. The number of carbonyl (C=O) groups excluding carboxylic acids is 1. The third-order valence-electron chi connectivity index (χ3n) is 2.97. The van der Waals surface area contributed by atoms with Crippen molar-refractivity contribution in [3.8, 4) is 0 Å². The molecule has 0 saturated heterocycles. The van der Waals surface area contributed by atoms with Gasteiger partial charge in [-0.3, -0.25) is 4.79 Å². The van der Waals surface area contributed by atoms with Crippen molar-refractivity contribution in [3.63, 3.8) is 0 Å². The molecule has 0 aromatic heterocycles. The molecule has 0 saturated carbocycles. The van der Waals surface area contributed by atoms with Gasteiger partial charge in [-0.2, -0.15) is 0 Å². The lowest BCUT2D eigenvalue weighted by atomic mass is 10.1. The summed E-state index contributed by atoms with van der Waals surface area (Å²) in [7, 11) is 0. The lowest BCUT2D eigenvalue weighted by Crippen LogP contribution is -2.13. The molecule has 4 nitrogen and oxygen atoms in total. The summed E-state index contributed by atoms with van der Waals surface area (Å²) in [5.74, 6) is -1.21. The minimum atomic E-state index is -1.03. The number of anilines is 1. The fourth-order valence-electron chi connectivity index (χ4n) is 1.90. The highest BCUT2D eigenvalue weighted by molar-refractivity contribution is 6.31. The summed E-state index contributed by atoms with van der Waals surface area (Å²) in [6.07, 6.45) is 0.811. The van der Waals surface area contributed by atoms with E-state index in [1.807, 2.05) is 18.2 Å². The Hall–Kier alpha value is -2.33. The van der Waals surface area contributed by atoms with Crippen molar-refractivity contribution in [1.29, 1.82) is 0 Å². The maximum absolute atomic E-state index is 11.9. The summed E-state index contributed by atoms with van der Waals surface area (Å²) in [5.41, 5.74) is 1.52. The van der Waals surface area contributed by atoms with Crippen molar-refractivity contribution in [1.82, 2.24) is 0 Å². The first kappa shape index (κ1) is 15.1. The fourth-order valence-corrected chi connectivity index (χ4v) is 2.13. The summed E-state index contributed by atoms with van der Waals surface area (Å²) in [4.78, 5) is 22.7. The molecule has 1 amide bonds. The largest absolute Gasteiger partial charge is 0.478 e. The van der Waals surface area contributed by atoms with E-state index in [0.717, 1.165) is 5.56 Å². The molecule has 2 N–H and O–H groups in total. The number of rotatable bonds is 5. The standard InChI is InChI=1S/C16H14ClNO3/c17-14-7-2-1-4-11(14)8-9-15(19)18-13-6-3-5-12(10-13)16(20)21/h1-7,10H,8-9H2,(H,18,19)(H,20,21). The van der Waals surface area contributed by atoms with E-state index < -0.39 is 5.97 Å².